The molecule has 2 N–H and O–H groups in total. The van der Waals surface area contributed by atoms with E-state index in [1.165, 1.54) is 6.08 Å². The number of benzene rings is 2. The van der Waals surface area contributed by atoms with E-state index in [1.807, 2.05) is 30.3 Å². The van der Waals surface area contributed by atoms with E-state index < -0.39 is 5.97 Å². The molecular formula is C18H15NO2. The number of hydrogen-bond acceptors (Lipinski definition) is 2. The number of rotatable bonds is 5. The van der Waals surface area contributed by atoms with Crippen molar-refractivity contribution in [2.45, 2.75) is 0 Å². The van der Waals surface area contributed by atoms with Gasteiger partial charge in [-0.3, -0.25) is 5.41 Å². The predicted octanol–water partition coefficient (Wildman–Crippen LogP) is 3.87. The zero-order valence-electron chi connectivity index (χ0n) is 11.4. The summed E-state index contributed by atoms with van der Waals surface area (Å²) in [5, 5.41) is 16.8. The van der Waals surface area contributed by atoms with Gasteiger partial charge in [-0.25, -0.2) is 4.79 Å². The molecule has 2 aromatic rings. The second-order valence-corrected chi connectivity index (χ2v) is 4.51. The van der Waals surface area contributed by atoms with Crippen molar-refractivity contribution in [2.75, 3.05) is 0 Å². The van der Waals surface area contributed by atoms with Crippen LogP contribution in [-0.2, 0) is 4.79 Å². The minimum atomic E-state index is -0.982. The van der Waals surface area contributed by atoms with Crippen molar-refractivity contribution >= 4 is 23.3 Å². The summed E-state index contributed by atoms with van der Waals surface area (Å²) < 4.78 is 0. The summed E-state index contributed by atoms with van der Waals surface area (Å²) >= 11 is 0. The molecule has 0 spiro atoms. The van der Waals surface area contributed by atoms with Crippen LogP contribution in [0.4, 0.5) is 0 Å². The topological polar surface area (TPSA) is 61.2 Å². The smallest absolute Gasteiger partial charge is 0.328 e. The number of carbonyl (C=O) groups is 1. The monoisotopic (exact) mass is 277 g/mol. The van der Waals surface area contributed by atoms with Crippen LogP contribution < -0.4 is 0 Å². The fraction of sp³-hybridized carbons (Fsp3) is 0. The van der Waals surface area contributed by atoms with Crippen LogP contribution in [0.5, 0.6) is 0 Å². The fourth-order valence-corrected chi connectivity index (χ4v) is 1.89. The van der Waals surface area contributed by atoms with Gasteiger partial charge in [0.2, 0.25) is 0 Å². The highest BCUT2D eigenvalue weighted by atomic mass is 16.4. The van der Waals surface area contributed by atoms with Crippen molar-refractivity contribution in [3.8, 4) is 0 Å². The van der Waals surface area contributed by atoms with E-state index in [2.05, 4.69) is 6.58 Å². The van der Waals surface area contributed by atoms with E-state index in [1.54, 1.807) is 24.3 Å². The number of aliphatic carboxylic acids is 1. The van der Waals surface area contributed by atoms with Crippen LogP contribution >= 0.6 is 0 Å². The van der Waals surface area contributed by atoms with Crippen molar-refractivity contribution in [2.24, 2.45) is 0 Å². The standard InChI is InChI=1S/C18H15NO2/c1-13(15-5-3-2-4-6-15)18(19)16-10-7-14(8-11-16)9-12-17(20)21/h2-12,19H,1H2,(H,20,21)/b12-9+,19-18?. The van der Waals surface area contributed by atoms with Crippen LogP contribution in [0.15, 0.2) is 67.3 Å². The van der Waals surface area contributed by atoms with Crippen LogP contribution in [0.25, 0.3) is 11.6 Å². The van der Waals surface area contributed by atoms with Gasteiger partial charge in [0.1, 0.15) is 0 Å². The summed E-state index contributed by atoms with van der Waals surface area (Å²) in [6, 6.07) is 16.7. The fourth-order valence-electron chi connectivity index (χ4n) is 1.89. The van der Waals surface area contributed by atoms with Crippen LogP contribution in [0.2, 0.25) is 0 Å². The van der Waals surface area contributed by atoms with Gasteiger partial charge in [-0.15, -0.1) is 0 Å². The molecule has 0 amide bonds. The first kappa shape index (κ1) is 14.5. The number of carboxylic acids is 1. The molecule has 0 heterocycles. The van der Waals surface area contributed by atoms with Gasteiger partial charge in [0.25, 0.3) is 0 Å². The number of allylic oxidation sites excluding steroid dienone is 1. The lowest BCUT2D eigenvalue weighted by Gasteiger charge is -2.08. The minimum Gasteiger partial charge on any atom is -0.478 e. The maximum absolute atomic E-state index is 10.5. The summed E-state index contributed by atoms with van der Waals surface area (Å²) in [7, 11) is 0. The van der Waals surface area contributed by atoms with Crippen LogP contribution in [0, 0.1) is 5.41 Å². The molecule has 2 aromatic carbocycles. The third-order valence-corrected chi connectivity index (χ3v) is 3.04. The molecule has 0 unspecified atom stereocenters. The molecule has 104 valence electrons. The van der Waals surface area contributed by atoms with Crippen molar-refractivity contribution in [1.82, 2.24) is 0 Å². The highest BCUT2D eigenvalue weighted by molar-refractivity contribution is 6.29. The molecule has 0 saturated carbocycles. The molecule has 0 aliphatic carbocycles. The second-order valence-electron chi connectivity index (χ2n) is 4.51. The molecule has 0 atom stereocenters. The first-order valence-electron chi connectivity index (χ1n) is 6.42. The van der Waals surface area contributed by atoms with E-state index in [4.69, 9.17) is 10.5 Å². The number of nitrogens with one attached hydrogen (secondary N) is 1. The highest BCUT2D eigenvalue weighted by Gasteiger charge is 2.07. The Balaban J connectivity index is 2.17. The predicted molar refractivity (Wildman–Crippen MR) is 85.4 cm³/mol. The molecule has 0 saturated heterocycles. The van der Waals surface area contributed by atoms with Gasteiger partial charge in [-0.1, -0.05) is 61.2 Å². The van der Waals surface area contributed by atoms with Gasteiger partial charge < -0.3 is 5.11 Å². The Morgan fingerprint density at radius 2 is 1.62 bits per heavy atom. The molecular weight excluding hydrogens is 262 g/mol. The van der Waals surface area contributed by atoms with Crippen molar-refractivity contribution in [1.29, 1.82) is 5.41 Å². The molecule has 0 bridgehead atoms. The Hall–Kier alpha value is -2.94. The molecule has 0 aromatic heterocycles. The highest BCUT2D eigenvalue weighted by Crippen LogP contribution is 2.18. The first-order valence-corrected chi connectivity index (χ1v) is 6.42. The van der Waals surface area contributed by atoms with Gasteiger partial charge in [-0.2, -0.15) is 0 Å². The zero-order valence-corrected chi connectivity index (χ0v) is 11.4. The molecule has 0 aliphatic heterocycles. The lowest BCUT2D eigenvalue weighted by Crippen LogP contribution is -2.01. The van der Waals surface area contributed by atoms with Gasteiger partial charge >= 0.3 is 5.97 Å². The molecule has 3 nitrogen and oxygen atoms in total. The summed E-state index contributed by atoms with van der Waals surface area (Å²) in [6.45, 7) is 3.97. The first-order chi connectivity index (χ1) is 10.1. The Kier molecular flexibility index (Phi) is 4.46. The van der Waals surface area contributed by atoms with Crippen molar-refractivity contribution in [3.63, 3.8) is 0 Å². The molecule has 2 rings (SSSR count). The van der Waals surface area contributed by atoms with E-state index in [0.717, 1.165) is 22.8 Å². The average molecular weight is 277 g/mol. The van der Waals surface area contributed by atoms with Gasteiger partial charge in [0.15, 0.2) is 0 Å². The second kappa shape index (κ2) is 6.48. The quantitative estimate of drug-likeness (QED) is 0.644. The Morgan fingerprint density at radius 1 is 1.00 bits per heavy atom. The van der Waals surface area contributed by atoms with E-state index in [9.17, 15) is 4.79 Å². The van der Waals surface area contributed by atoms with E-state index >= 15 is 0 Å². The number of hydrogen-bond donors (Lipinski definition) is 2. The number of carboxylic acid groups (broad SMARTS) is 1. The van der Waals surface area contributed by atoms with Gasteiger partial charge in [-0.05, 0) is 17.2 Å². The zero-order chi connectivity index (χ0) is 15.2. The Labute approximate surface area is 123 Å². The molecule has 0 fully saturated rings. The molecule has 0 radical (unpaired) electrons. The molecule has 21 heavy (non-hydrogen) atoms. The maximum atomic E-state index is 10.5. The third-order valence-electron chi connectivity index (χ3n) is 3.04. The van der Waals surface area contributed by atoms with Crippen molar-refractivity contribution in [3.05, 3.63) is 83.9 Å². The largest absolute Gasteiger partial charge is 0.478 e. The SMILES string of the molecule is C=C(C(=N)c1ccc(/C=C/C(=O)O)cc1)c1ccccc1. The van der Waals surface area contributed by atoms with Gasteiger partial charge in [0.05, 0.1) is 5.71 Å². The third kappa shape index (κ3) is 3.76. The molecule has 3 heteroatoms. The van der Waals surface area contributed by atoms with Crippen molar-refractivity contribution < 1.29 is 9.90 Å². The summed E-state index contributed by atoms with van der Waals surface area (Å²) in [5.74, 6) is -0.982. The normalized spacial score (nSPS) is 10.5. The average Bonchev–Trinajstić information content (AvgIpc) is 2.53. The van der Waals surface area contributed by atoms with E-state index in [-0.39, 0.29) is 0 Å². The van der Waals surface area contributed by atoms with E-state index in [0.29, 0.717) is 11.3 Å². The summed E-state index contributed by atoms with van der Waals surface area (Å²) in [5.41, 5.74) is 3.45. The minimum absolute atomic E-state index is 0.356. The summed E-state index contributed by atoms with van der Waals surface area (Å²) in [4.78, 5) is 10.5. The lowest BCUT2D eigenvalue weighted by molar-refractivity contribution is -0.131. The maximum Gasteiger partial charge on any atom is 0.328 e. The molecule has 0 aliphatic rings. The van der Waals surface area contributed by atoms with Crippen LogP contribution in [-0.4, -0.2) is 16.8 Å². The lowest BCUT2D eigenvalue weighted by atomic mass is 9.97. The van der Waals surface area contributed by atoms with Crippen LogP contribution in [0.1, 0.15) is 16.7 Å². The Bertz CT molecular complexity index is 698. The Morgan fingerprint density at radius 3 is 2.19 bits per heavy atom. The summed E-state index contributed by atoms with van der Waals surface area (Å²) in [6.07, 6.45) is 2.60. The van der Waals surface area contributed by atoms with Gasteiger partial charge in [0, 0.05) is 17.2 Å². The van der Waals surface area contributed by atoms with Crippen LogP contribution in [0.3, 0.4) is 0 Å².